The second-order valence-electron chi connectivity index (χ2n) is 9.12. The lowest BCUT2D eigenvalue weighted by atomic mass is 9.94. The molecule has 2 atom stereocenters. The van der Waals surface area contributed by atoms with E-state index in [2.05, 4.69) is 37.9 Å². The van der Waals surface area contributed by atoms with E-state index >= 15 is 0 Å². The Labute approximate surface area is 204 Å². The van der Waals surface area contributed by atoms with Crippen LogP contribution in [-0.4, -0.2) is 62.9 Å². The minimum Gasteiger partial charge on any atom is -0.490 e. The number of sulfonamides is 1. The molecule has 1 fully saturated rings. The lowest BCUT2D eigenvalue weighted by molar-refractivity contribution is 0.102. The zero-order chi connectivity index (χ0) is 24.7. The number of amides is 1. The number of benzene rings is 2. The quantitative estimate of drug-likeness (QED) is 0.540. The predicted molar refractivity (Wildman–Crippen MR) is 136 cm³/mol. The molecule has 34 heavy (non-hydrogen) atoms. The van der Waals surface area contributed by atoms with Gasteiger partial charge in [0.25, 0.3) is 5.91 Å². The van der Waals surface area contributed by atoms with E-state index in [4.69, 9.17) is 4.74 Å². The zero-order valence-electron chi connectivity index (χ0n) is 20.7. The normalized spacial score (nSPS) is 19.2. The smallest absolute Gasteiger partial charge is 0.255 e. The maximum absolute atomic E-state index is 13.3. The minimum atomic E-state index is -3.67. The third-order valence-electron chi connectivity index (χ3n) is 6.26. The third kappa shape index (κ3) is 6.58. The standard InChI is InChI=1S/C26H37N3O4S/c1-5-28(6-2)14-15-33-25-13-8-7-12-24(25)27-26(30)22-10-9-11-23(17-22)34(31,32)29-18-20(3)16-21(4)19-29/h7-13,17,20-21H,5-6,14-16,18-19H2,1-4H3,(H,27,30)/t20-,21+. The van der Waals surface area contributed by atoms with Gasteiger partial charge in [-0.25, -0.2) is 8.42 Å². The molecule has 2 aromatic carbocycles. The third-order valence-corrected chi connectivity index (χ3v) is 8.09. The molecule has 0 unspecified atom stereocenters. The van der Waals surface area contributed by atoms with Crippen molar-refractivity contribution in [3.05, 3.63) is 54.1 Å². The summed E-state index contributed by atoms with van der Waals surface area (Å²) < 4.78 is 34.0. The highest BCUT2D eigenvalue weighted by molar-refractivity contribution is 7.89. The second kappa shape index (κ2) is 11.8. The number of piperidine rings is 1. The molecule has 1 aliphatic heterocycles. The number of anilines is 1. The summed E-state index contributed by atoms with van der Waals surface area (Å²) in [6.07, 6.45) is 1.02. The van der Waals surface area contributed by atoms with Crippen molar-refractivity contribution in [1.29, 1.82) is 0 Å². The highest BCUT2D eigenvalue weighted by Crippen LogP contribution is 2.28. The molecule has 3 rings (SSSR count). The Hall–Kier alpha value is -2.42. The number of para-hydroxylation sites is 2. The van der Waals surface area contributed by atoms with Crippen molar-refractivity contribution in [2.24, 2.45) is 11.8 Å². The van der Waals surface area contributed by atoms with Gasteiger partial charge in [0.1, 0.15) is 12.4 Å². The summed E-state index contributed by atoms with van der Waals surface area (Å²) in [7, 11) is -3.67. The molecular formula is C26H37N3O4S. The molecule has 7 nitrogen and oxygen atoms in total. The van der Waals surface area contributed by atoms with E-state index in [-0.39, 0.29) is 16.4 Å². The zero-order valence-corrected chi connectivity index (χ0v) is 21.5. The lowest BCUT2D eigenvalue weighted by Gasteiger charge is -2.34. The van der Waals surface area contributed by atoms with Crippen molar-refractivity contribution >= 4 is 21.6 Å². The molecule has 0 aromatic heterocycles. The molecule has 1 N–H and O–H groups in total. The molecule has 0 saturated carbocycles. The van der Waals surface area contributed by atoms with Gasteiger partial charge in [0.05, 0.1) is 10.6 Å². The van der Waals surface area contributed by atoms with Gasteiger partial charge >= 0.3 is 0 Å². The first kappa shape index (κ1) is 26.2. The number of nitrogens with one attached hydrogen (secondary N) is 1. The monoisotopic (exact) mass is 487 g/mol. The highest BCUT2D eigenvalue weighted by Gasteiger charge is 2.32. The number of nitrogens with zero attached hydrogens (tertiary/aromatic N) is 2. The van der Waals surface area contributed by atoms with E-state index in [1.54, 1.807) is 28.6 Å². The molecule has 186 valence electrons. The first-order valence-electron chi connectivity index (χ1n) is 12.1. The Morgan fingerprint density at radius 3 is 2.41 bits per heavy atom. The topological polar surface area (TPSA) is 79.0 Å². The van der Waals surface area contributed by atoms with Gasteiger partial charge in [-0.1, -0.05) is 45.9 Å². The first-order valence-corrected chi connectivity index (χ1v) is 13.5. The van der Waals surface area contributed by atoms with Gasteiger partial charge < -0.3 is 15.0 Å². The fraction of sp³-hybridized carbons (Fsp3) is 0.500. The number of ether oxygens (including phenoxy) is 1. The van der Waals surface area contributed by atoms with Crippen molar-refractivity contribution < 1.29 is 17.9 Å². The maximum atomic E-state index is 13.3. The number of hydrogen-bond acceptors (Lipinski definition) is 5. The Morgan fingerprint density at radius 1 is 1.06 bits per heavy atom. The van der Waals surface area contributed by atoms with Crippen LogP contribution in [0.5, 0.6) is 5.75 Å². The molecule has 0 radical (unpaired) electrons. The Kier molecular flexibility index (Phi) is 9.10. The number of rotatable bonds is 10. The Bertz CT molecular complexity index is 1060. The van der Waals surface area contributed by atoms with Crippen LogP contribution in [0.3, 0.4) is 0 Å². The van der Waals surface area contributed by atoms with Crippen LogP contribution in [-0.2, 0) is 10.0 Å². The lowest BCUT2D eigenvalue weighted by Crippen LogP contribution is -2.42. The largest absolute Gasteiger partial charge is 0.490 e. The predicted octanol–water partition coefficient (Wildman–Crippen LogP) is 4.33. The van der Waals surface area contributed by atoms with Gasteiger partial charge in [0.2, 0.25) is 10.0 Å². The van der Waals surface area contributed by atoms with Gasteiger partial charge in [-0.05, 0) is 61.7 Å². The van der Waals surface area contributed by atoms with E-state index in [0.717, 1.165) is 26.1 Å². The molecule has 2 aromatic rings. The van der Waals surface area contributed by atoms with Crippen LogP contribution < -0.4 is 10.1 Å². The summed E-state index contributed by atoms with van der Waals surface area (Å²) in [6.45, 7) is 12.6. The highest BCUT2D eigenvalue weighted by atomic mass is 32.2. The molecule has 0 bridgehead atoms. The fourth-order valence-corrected chi connectivity index (χ4v) is 6.19. The molecule has 1 aliphatic rings. The fourth-order valence-electron chi connectivity index (χ4n) is 4.46. The average Bonchev–Trinajstić information content (AvgIpc) is 2.82. The number of carbonyl (C=O) groups is 1. The average molecular weight is 488 g/mol. The van der Waals surface area contributed by atoms with Gasteiger partial charge in [0, 0.05) is 25.2 Å². The first-order chi connectivity index (χ1) is 16.2. The van der Waals surface area contributed by atoms with Crippen LogP contribution in [0.2, 0.25) is 0 Å². The van der Waals surface area contributed by atoms with E-state index in [1.165, 1.54) is 6.07 Å². The van der Waals surface area contributed by atoms with Gasteiger partial charge in [-0.15, -0.1) is 0 Å². The molecule has 1 saturated heterocycles. The summed E-state index contributed by atoms with van der Waals surface area (Å²) in [5.41, 5.74) is 0.844. The van der Waals surface area contributed by atoms with Crippen LogP contribution in [0.15, 0.2) is 53.4 Å². The van der Waals surface area contributed by atoms with Gasteiger partial charge in [-0.3, -0.25) is 4.79 Å². The molecular weight excluding hydrogens is 450 g/mol. The summed E-state index contributed by atoms with van der Waals surface area (Å²) >= 11 is 0. The Balaban J connectivity index is 1.73. The maximum Gasteiger partial charge on any atom is 0.255 e. The van der Waals surface area contributed by atoms with Crippen LogP contribution >= 0.6 is 0 Å². The van der Waals surface area contributed by atoms with Crippen molar-refractivity contribution in [1.82, 2.24) is 9.21 Å². The van der Waals surface area contributed by atoms with Crippen LogP contribution in [0, 0.1) is 11.8 Å². The van der Waals surface area contributed by atoms with E-state index < -0.39 is 10.0 Å². The van der Waals surface area contributed by atoms with E-state index in [1.807, 2.05) is 18.2 Å². The van der Waals surface area contributed by atoms with E-state index in [9.17, 15) is 13.2 Å². The minimum absolute atomic E-state index is 0.144. The summed E-state index contributed by atoms with van der Waals surface area (Å²) in [5.74, 6) is 0.826. The van der Waals surface area contributed by atoms with Crippen LogP contribution in [0.25, 0.3) is 0 Å². The number of carbonyl (C=O) groups excluding carboxylic acids is 1. The van der Waals surface area contributed by atoms with Crippen molar-refractivity contribution in [3.63, 3.8) is 0 Å². The van der Waals surface area contributed by atoms with Gasteiger partial charge in [-0.2, -0.15) is 4.31 Å². The molecule has 8 heteroatoms. The SMILES string of the molecule is CCN(CC)CCOc1ccccc1NC(=O)c1cccc(S(=O)(=O)N2C[C@H](C)C[C@H](C)C2)c1. The summed E-state index contributed by atoms with van der Waals surface area (Å²) in [4.78, 5) is 15.4. The molecule has 1 amide bonds. The van der Waals surface area contributed by atoms with Crippen molar-refractivity contribution in [2.75, 3.05) is 44.6 Å². The van der Waals surface area contributed by atoms with Crippen molar-refractivity contribution in [2.45, 2.75) is 39.0 Å². The van der Waals surface area contributed by atoms with Gasteiger partial charge in [0.15, 0.2) is 0 Å². The second-order valence-corrected chi connectivity index (χ2v) is 11.1. The van der Waals surface area contributed by atoms with E-state index in [0.29, 0.717) is 43.0 Å². The summed E-state index contributed by atoms with van der Waals surface area (Å²) in [5, 5.41) is 2.88. The number of hydrogen-bond donors (Lipinski definition) is 1. The van der Waals surface area contributed by atoms with Crippen LogP contribution in [0.1, 0.15) is 44.5 Å². The molecule has 0 spiro atoms. The van der Waals surface area contributed by atoms with Crippen molar-refractivity contribution in [3.8, 4) is 5.75 Å². The summed E-state index contributed by atoms with van der Waals surface area (Å²) in [6, 6.07) is 13.5. The number of likely N-dealkylation sites (N-methyl/N-ethyl adjacent to an activating group) is 1. The molecule has 0 aliphatic carbocycles. The van der Waals surface area contributed by atoms with Crippen LogP contribution in [0.4, 0.5) is 5.69 Å². The Morgan fingerprint density at radius 2 is 1.74 bits per heavy atom. The molecule has 1 heterocycles.